The van der Waals surface area contributed by atoms with E-state index >= 15 is 0 Å². The highest BCUT2D eigenvalue weighted by molar-refractivity contribution is 5.79. The lowest BCUT2D eigenvalue weighted by atomic mass is 9.73. The van der Waals surface area contributed by atoms with Crippen LogP contribution >= 0.6 is 0 Å². The molecule has 12 unspecified atom stereocenters. The molecule has 0 aromatic rings. The van der Waals surface area contributed by atoms with Crippen LogP contribution in [0.25, 0.3) is 0 Å². The van der Waals surface area contributed by atoms with Gasteiger partial charge in [-0.15, -0.1) is 0 Å². The Morgan fingerprint density at radius 2 is 0.471 bits per heavy atom. The van der Waals surface area contributed by atoms with E-state index in [1.165, 1.54) is 174 Å². The number of hydrogen-bond donors (Lipinski definition) is 0. The van der Waals surface area contributed by atoms with E-state index in [4.69, 9.17) is 18.9 Å². The molecule has 0 saturated heterocycles. The monoisotopic (exact) mass is 1990 g/mol. The molecule has 0 aliphatic rings. The number of methoxy groups -OCH3 is 2. The number of Topliss-reactive ketones (excluding diaryl/α,β-unsaturated/α-hetero) is 3. The number of nitrogens with zero attached hydrogens (tertiary/aromatic N) is 2. The topological polar surface area (TPSA) is 94.6 Å². The lowest BCUT2D eigenvalue weighted by molar-refractivity contribution is -0.120. The SMILES string of the molecule is CC(C)(C)CCCCCCC(C)(C)OCC(C)(C)C.CC(CCC(=O)CCC(C)(C)C)C(C)CCC(C)(C)C.CC(CCC(=O)CCC(C)(C)C)C(C)CCC(C)(C)C.CC(CCC(=O)CCC(C)(C)C)C(C)CCC(C)(C)C.CC(CCCCCN(C)CC(C)(C)C)C(C)C(C)(C)C.CC(CCCCCN(C)CC(C)(C)C)C(C)C(C)(C)C.COC(CCCCC(C)(C)C)C(COCC(C)(C)C)OC. The van der Waals surface area contributed by atoms with Gasteiger partial charge in [-0.25, -0.2) is 0 Å². The van der Waals surface area contributed by atoms with Gasteiger partial charge in [0.2, 0.25) is 0 Å². The van der Waals surface area contributed by atoms with E-state index in [1.54, 1.807) is 14.2 Å². The van der Waals surface area contributed by atoms with Crippen LogP contribution in [-0.2, 0) is 33.3 Å². The molecule has 140 heavy (non-hydrogen) atoms. The van der Waals surface area contributed by atoms with Crippen molar-refractivity contribution in [3.8, 4) is 0 Å². The van der Waals surface area contributed by atoms with E-state index in [0.717, 1.165) is 138 Å². The molecule has 0 radical (unpaired) electrons. The van der Waals surface area contributed by atoms with Crippen molar-refractivity contribution in [2.45, 2.75) is 623 Å². The number of rotatable bonds is 58. The van der Waals surface area contributed by atoms with Crippen LogP contribution in [0.15, 0.2) is 0 Å². The van der Waals surface area contributed by atoms with E-state index in [-0.39, 0.29) is 44.9 Å². The molecule has 0 fully saturated rings. The summed E-state index contributed by atoms with van der Waals surface area (Å²) in [4.78, 5) is 40.8. The summed E-state index contributed by atoms with van der Waals surface area (Å²) in [6, 6.07) is 0. The van der Waals surface area contributed by atoms with Crippen molar-refractivity contribution in [2.24, 2.45) is 135 Å². The first-order valence-electron chi connectivity index (χ1n) is 58.8. The van der Waals surface area contributed by atoms with Gasteiger partial charge in [-0.2, -0.15) is 0 Å². The third-order valence-electron chi connectivity index (χ3n) is 29.2. The fourth-order valence-electron chi connectivity index (χ4n) is 17.1. The van der Waals surface area contributed by atoms with Gasteiger partial charge in [0.15, 0.2) is 0 Å². The molecule has 0 saturated carbocycles. The Hall–Kier alpha value is -1.23. The molecule has 0 heterocycles. The Labute approximate surface area is 887 Å². The summed E-state index contributed by atoms with van der Waals surface area (Å²) < 4.78 is 23.0. The molecule has 12 atom stereocenters. The van der Waals surface area contributed by atoms with E-state index in [0.29, 0.717) is 90.4 Å². The van der Waals surface area contributed by atoms with E-state index in [2.05, 4.69) is 398 Å². The van der Waals surface area contributed by atoms with Gasteiger partial charge in [-0.3, -0.25) is 14.4 Å². The fourth-order valence-corrected chi connectivity index (χ4v) is 17.1. The van der Waals surface area contributed by atoms with Crippen molar-refractivity contribution >= 4 is 17.3 Å². The highest BCUT2D eigenvalue weighted by Gasteiger charge is 2.31. The van der Waals surface area contributed by atoms with Gasteiger partial charge in [0, 0.05) is 65.8 Å². The van der Waals surface area contributed by atoms with Crippen molar-refractivity contribution in [3.63, 3.8) is 0 Å². The quantitative estimate of drug-likeness (QED) is 0.0552. The molecule has 0 aliphatic carbocycles. The van der Waals surface area contributed by atoms with Crippen LogP contribution in [0.4, 0.5) is 0 Å². The van der Waals surface area contributed by atoms with Crippen LogP contribution in [-0.4, -0.2) is 119 Å². The highest BCUT2D eigenvalue weighted by Crippen LogP contribution is 2.39. The summed E-state index contributed by atoms with van der Waals surface area (Å²) in [5.74, 6) is 8.85. The van der Waals surface area contributed by atoms with Crippen molar-refractivity contribution in [2.75, 3.05) is 74.3 Å². The summed E-state index contributed by atoms with van der Waals surface area (Å²) in [7, 11) is 8.03. The maximum absolute atomic E-state index is 11.9. The second kappa shape index (κ2) is 73.9. The van der Waals surface area contributed by atoms with Crippen molar-refractivity contribution in [3.05, 3.63) is 0 Å². The summed E-state index contributed by atoms with van der Waals surface area (Å²) >= 11 is 0. The largest absolute Gasteiger partial charge is 0.379 e. The zero-order valence-electron chi connectivity index (χ0n) is 108. The standard InChI is InChI=1S/2C19H41N.3C19H38O.C18H38O3.C18H38O/c2*1-16(17(2)19(6,7)8)13-11-10-12-14-20(9)15-18(3,4)5;3*1-15(16(2)11-13-18(3,4)5)9-10-17(20)12-14-19(6,7)8;1-17(2,3)12-10-9-11-15(19-7)16(20-8)13-21-14-18(4,5)6;1-16(2,3)13-11-9-10-12-14-18(7,8)19-15-17(4,5)6/h2*16-17H,10-15H2,1-9H3;3*15-16H,9-14H2,1-8H3;15-16H,9-14H2,1-8H3;9-15H2,1-8H3. The summed E-state index contributed by atoms with van der Waals surface area (Å²) in [5.41, 5.74) is 5.27. The highest BCUT2D eigenvalue weighted by atomic mass is 16.6. The molecule has 0 N–H and O–H groups in total. The molecule has 0 rings (SSSR count). The number of hydrogen-bond acceptors (Lipinski definition) is 9. The number of ketones is 3. The second-order valence-corrected chi connectivity index (χ2v) is 63.6. The molecule has 0 aromatic carbocycles. The summed E-state index contributed by atoms with van der Waals surface area (Å²) in [6.45, 7) is 131. The second-order valence-electron chi connectivity index (χ2n) is 63.6. The Morgan fingerprint density at radius 3 is 0.714 bits per heavy atom. The van der Waals surface area contributed by atoms with Gasteiger partial charge < -0.3 is 28.7 Å². The Balaban J connectivity index is -0.000000295. The van der Waals surface area contributed by atoms with Gasteiger partial charge in [-0.1, -0.05) is 437 Å². The Bertz CT molecular complexity index is 2710. The average Bonchev–Trinajstić information content (AvgIpc) is 0.815. The lowest BCUT2D eigenvalue weighted by Crippen LogP contribution is -2.35. The zero-order valence-corrected chi connectivity index (χ0v) is 108. The Kier molecular flexibility index (Phi) is 80.1. The first kappa shape index (κ1) is 152. The third-order valence-corrected chi connectivity index (χ3v) is 29.2. The van der Waals surface area contributed by atoms with Gasteiger partial charge in [0.1, 0.15) is 23.5 Å². The molecule has 9 heteroatoms. The minimum Gasteiger partial charge on any atom is -0.379 e. The number of carbonyl (C=O) groups excluding carboxylic acids is 3. The fraction of sp³-hybridized carbons (Fsp3) is 0.977. The maximum atomic E-state index is 11.9. The summed E-state index contributed by atoms with van der Waals surface area (Å²) in [6.07, 6.45) is 42.3. The van der Waals surface area contributed by atoms with E-state index < -0.39 is 0 Å². The Morgan fingerprint density at radius 1 is 0.229 bits per heavy atom. The number of unbranched alkanes of at least 4 members (excludes halogenated alkanes) is 8. The molecule has 9 nitrogen and oxygen atoms in total. The maximum Gasteiger partial charge on any atom is 0.132 e. The van der Waals surface area contributed by atoms with Gasteiger partial charge in [-0.05, 0) is 292 Å². The zero-order chi connectivity index (χ0) is 112. The molecule has 848 valence electrons. The van der Waals surface area contributed by atoms with E-state index in [9.17, 15) is 14.4 Å². The normalized spacial score (nSPS) is 15.9. The minimum atomic E-state index is 0.0204. The van der Waals surface area contributed by atoms with E-state index in [1.807, 2.05) is 0 Å². The molecule has 0 amide bonds. The van der Waals surface area contributed by atoms with Crippen LogP contribution in [0.3, 0.4) is 0 Å². The van der Waals surface area contributed by atoms with Crippen LogP contribution in [0.1, 0.15) is 605 Å². The van der Waals surface area contributed by atoms with Crippen molar-refractivity contribution in [1.82, 2.24) is 9.80 Å². The molecule has 0 aliphatic heterocycles. The molecular weight excluding hydrogens is 1710 g/mol. The number of ether oxygens (including phenoxy) is 4. The molecule has 0 spiro atoms. The predicted octanol–water partition coefficient (Wildman–Crippen LogP) is 41.4. The van der Waals surface area contributed by atoms with Gasteiger partial charge in [0.25, 0.3) is 0 Å². The summed E-state index contributed by atoms with van der Waals surface area (Å²) in [5, 5.41) is 0. The van der Waals surface area contributed by atoms with Gasteiger partial charge in [0.05, 0.1) is 31.5 Å². The lowest BCUT2D eigenvalue weighted by Gasteiger charge is -2.32. The molecular formula is C131H272N2O7. The van der Waals surface area contributed by atoms with Crippen LogP contribution in [0, 0.1) is 135 Å². The molecule has 0 bridgehead atoms. The number of carbonyl (C=O) groups is 3. The van der Waals surface area contributed by atoms with Crippen LogP contribution < -0.4 is 0 Å². The minimum absolute atomic E-state index is 0.0204. The third kappa shape index (κ3) is 114. The van der Waals surface area contributed by atoms with Gasteiger partial charge >= 0.3 is 0 Å². The average molecular weight is 1990 g/mol. The smallest absolute Gasteiger partial charge is 0.132 e. The molecule has 0 aromatic heterocycles. The van der Waals surface area contributed by atoms with Crippen LogP contribution in [0.5, 0.6) is 0 Å². The first-order valence-corrected chi connectivity index (χ1v) is 58.8. The predicted molar refractivity (Wildman–Crippen MR) is 633 cm³/mol. The van der Waals surface area contributed by atoms with Crippen molar-refractivity contribution < 1.29 is 33.3 Å². The first-order chi connectivity index (χ1) is 62.6. The van der Waals surface area contributed by atoms with Crippen molar-refractivity contribution in [1.29, 1.82) is 0 Å². The van der Waals surface area contributed by atoms with Crippen LogP contribution in [0.2, 0.25) is 0 Å².